The number of hydrogen-bond donors (Lipinski definition) is 3. The van der Waals surface area contributed by atoms with Crippen LogP contribution in [0.2, 0.25) is 0 Å². The summed E-state index contributed by atoms with van der Waals surface area (Å²) in [5.41, 5.74) is 0.0876. The maximum atomic E-state index is 12.0. The number of carbonyl (C=O) groups is 3. The average Bonchev–Trinajstić information content (AvgIpc) is 3.15. The SMILES string of the molecule is CC(C)NC(=O)CNC(=O)c1cc(NC(=O)c2ccco2)n(C)n1. The summed E-state index contributed by atoms with van der Waals surface area (Å²) in [6, 6.07) is 4.52. The molecule has 2 rings (SSSR count). The lowest BCUT2D eigenvalue weighted by Gasteiger charge is -2.08. The largest absolute Gasteiger partial charge is 0.459 e. The first-order valence-electron chi connectivity index (χ1n) is 7.33. The average molecular weight is 333 g/mol. The first-order valence-corrected chi connectivity index (χ1v) is 7.33. The van der Waals surface area contributed by atoms with Gasteiger partial charge in [0.25, 0.3) is 11.8 Å². The van der Waals surface area contributed by atoms with Crippen LogP contribution in [-0.2, 0) is 11.8 Å². The molecular weight excluding hydrogens is 314 g/mol. The summed E-state index contributed by atoms with van der Waals surface area (Å²) < 4.78 is 6.34. The van der Waals surface area contributed by atoms with E-state index in [1.165, 1.54) is 23.1 Å². The number of nitrogens with zero attached hydrogens (tertiary/aromatic N) is 2. The number of aromatic nitrogens is 2. The minimum Gasteiger partial charge on any atom is -0.459 e. The highest BCUT2D eigenvalue weighted by Gasteiger charge is 2.17. The Kier molecular flexibility index (Phi) is 5.35. The van der Waals surface area contributed by atoms with Gasteiger partial charge in [0, 0.05) is 19.2 Å². The second-order valence-corrected chi connectivity index (χ2v) is 5.37. The van der Waals surface area contributed by atoms with Crippen molar-refractivity contribution in [1.29, 1.82) is 0 Å². The predicted molar refractivity (Wildman–Crippen MR) is 85.5 cm³/mol. The molecule has 0 aromatic carbocycles. The topological polar surface area (TPSA) is 118 Å². The molecule has 0 radical (unpaired) electrons. The van der Waals surface area contributed by atoms with Gasteiger partial charge in [-0.05, 0) is 26.0 Å². The number of amides is 3. The van der Waals surface area contributed by atoms with Crippen LogP contribution in [0.25, 0.3) is 0 Å². The summed E-state index contributed by atoms with van der Waals surface area (Å²) >= 11 is 0. The number of carbonyl (C=O) groups excluding carboxylic acids is 3. The van der Waals surface area contributed by atoms with Crippen molar-refractivity contribution in [2.24, 2.45) is 7.05 Å². The molecule has 0 saturated carbocycles. The number of hydrogen-bond acceptors (Lipinski definition) is 5. The molecule has 2 aromatic heterocycles. The molecule has 0 atom stereocenters. The molecule has 2 aromatic rings. The number of anilines is 1. The van der Waals surface area contributed by atoms with E-state index in [0.29, 0.717) is 5.82 Å². The summed E-state index contributed by atoms with van der Waals surface area (Å²) in [5.74, 6) is -0.782. The second kappa shape index (κ2) is 7.44. The van der Waals surface area contributed by atoms with Crippen molar-refractivity contribution in [2.75, 3.05) is 11.9 Å². The Morgan fingerprint density at radius 2 is 2.04 bits per heavy atom. The predicted octanol–water partition coefficient (Wildman–Crippen LogP) is 0.520. The number of furan rings is 1. The van der Waals surface area contributed by atoms with Crippen LogP contribution in [0.4, 0.5) is 5.82 Å². The van der Waals surface area contributed by atoms with Crippen LogP contribution < -0.4 is 16.0 Å². The fraction of sp³-hybridized carbons (Fsp3) is 0.333. The van der Waals surface area contributed by atoms with Gasteiger partial charge in [0.05, 0.1) is 12.8 Å². The van der Waals surface area contributed by atoms with Gasteiger partial charge >= 0.3 is 0 Å². The molecule has 0 aliphatic rings. The third-order valence-electron chi connectivity index (χ3n) is 2.96. The zero-order valence-electron chi connectivity index (χ0n) is 13.6. The van der Waals surface area contributed by atoms with Crippen molar-refractivity contribution in [3.8, 4) is 0 Å². The van der Waals surface area contributed by atoms with E-state index in [0.717, 1.165) is 0 Å². The van der Waals surface area contributed by atoms with Gasteiger partial charge in [0.15, 0.2) is 11.5 Å². The normalized spacial score (nSPS) is 10.5. The fourth-order valence-electron chi connectivity index (χ4n) is 1.91. The van der Waals surface area contributed by atoms with Crippen LogP contribution >= 0.6 is 0 Å². The highest BCUT2D eigenvalue weighted by atomic mass is 16.3. The molecular formula is C15H19N5O4. The second-order valence-electron chi connectivity index (χ2n) is 5.37. The van der Waals surface area contributed by atoms with Gasteiger partial charge in [0.2, 0.25) is 5.91 Å². The third-order valence-corrected chi connectivity index (χ3v) is 2.96. The Morgan fingerprint density at radius 3 is 2.67 bits per heavy atom. The van der Waals surface area contributed by atoms with Gasteiger partial charge in [-0.25, -0.2) is 0 Å². The Balaban J connectivity index is 1.96. The van der Waals surface area contributed by atoms with Crippen molar-refractivity contribution in [1.82, 2.24) is 20.4 Å². The summed E-state index contributed by atoms with van der Waals surface area (Å²) in [7, 11) is 1.58. The number of nitrogens with one attached hydrogen (secondary N) is 3. The van der Waals surface area contributed by atoms with Crippen LogP contribution in [0.3, 0.4) is 0 Å². The standard InChI is InChI=1S/C15H19N5O4/c1-9(2)17-13(21)8-16-14(22)10-7-12(20(3)19-10)18-15(23)11-5-4-6-24-11/h4-7,9H,8H2,1-3H3,(H,16,22)(H,17,21)(H,18,23). The third kappa shape index (κ3) is 4.45. The molecule has 0 spiro atoms. The maximum Gasteiger partial charge on any atom is 0.292 e. The lowest BCUT2D eigenvalue weighted by atomic mass is 10.3. The van der Waals surface area contributed by atoms with Gasteiger partial charge in [-0.1, -0.05) is 0 Å². The zero-order chi connectivity index (χ0) is 17.7. The lowest BCUT2D eigenvalue weighted by molar-refractivity contribution is -0.120. The first-order chi connectivity index (χ1) is 11.4. The molecule has 128 valence electrons. The van der Waals surface area contributed by atoms with Crippen molar-refractivity contribution in [2.45, 2.75) is 19.9 Å². The maximum absolute atomic E-state index is 12.0. The Hall–Kier alpha value is -3.10. The van der Waals surface area contributed by atoms with Crippen LogP contribution in [0.15, 0.2) is 28.9 Å². The Bertz CT molecular complexity index is 733. The molecule has 0 aliphatic heterocycles. The summed E-state index contributed by atoms with van der Waals surface area (Å²) in [6.45, 7) is 3.50. The Morgan fingerprint density at radius 1 is 1.29 bits per heavy atom. The van der Waals surface area contributed by atoms with Crippen molar-refractivity contribution < 1.29 is 18.8 Å². The molecule has 0 saturated heterocycles. The van der Waals surface area contributed by atoms with Crippen molar-refractivity contribution >= 4 is 23.5 Å². The van der Waals surface area contributed by atoms with E-state index in [4.69, 9.17) is 4.42 Å². The van der Waals surface area contributed by atoms with E-state index < -0.39 is 11.8 Å². The van der Waals surface area contributed by atoms with E-state index in [1.54, 1.807) is 13.1 Å². The van der Waals surface area contributed by atoms with E-state index in [9.17, 15) is 14.4 Å². The quantitative estimate of drug-likeness (QED) is 0.712. The summed E-state index contributed by atoms with van der Waals surface area (Å²) in [5, 5.41) is 11.7. The number of rotatable bonds is 6. The molecule has 0 aliphatic carbocycles. The molecule has 3 N–H and O–H groups in total. The van der Waals surface area contributed by atoms with Gasteiger partial charge in [-0.3, -0.25) is 19.1 Å². The van der Waals surface area contributed by atoms with Gasteiger partial charge in [0.1, 0.15) is 5.82 Å². The van der Waals surface area contributed by atoms with Gasteiger partial charge in [-0.15, -0.1) is 0 Å². The molecule has 9 nitrogen and oxygen atoms in total. The smallest absolute Gasteiger partial charge is 0.292 e. The van der Waals surface area contributed by atoms with Gasteiger partial charge in [-0.2, -0.15) is 5.10 Å². The molecule has 0 fully saturated rings. The molecule has 0 unspecified atom stereocenters. The molecule has 0 bridgehead atoms. The van der Waals surface area contributed by atoms with Crippen molar-refractivity contribution in [3.05, 3.63) is 35.9 Å². The fourth-order valence-corrected chi connectivity index (χ4v) is 1.91. The van der Waals surface area contributed by atoms with E-state index in [2.05, 4.69) is 21.0 Å². The summed E-state index contributed by atoms with van der Waals surface area (Å²) in [6.07, 6.45) is 1.39. The highest BCUT2D eigenvalue weighted by Crippen LogP contribution is 2.11. The Labute approximate surface area is 138 Å². The highest BCUT2D eigenvalue weighted by molar-refractivity contribution is 6.02. The summed E-state index contributed by atoms with van der Waals surface area (Å²) in [4.78, 5) is 35.5. The van der Waals surface area contributed by atoms with Crippen LogP contribution in [0.5, 0.6) is 0 Å². The molecule has 2 heterocycles. The van der Waals surface area contributed by atoms with Gasteiger partial charge < -0.3 is 20.4 Å². The lowest BCUT2D eigenvalue weighted by Crippen LogP contribution is -2.39. The minimum atomic E-state index is -0.511. The van der Waals surface area contributed by atoms with E-state index in [1.807, 2.05) is 13.8 Å². The molecule has 3 amide bonds. The minimum absolute atomic E-state index is 0.00679. The molecule has 24 heavy (non-hydrogen) atoms. The van der Waals surface area contributed by atoms with Crippen LogP contribution in [-0.4, -0.2) is 40.1 Å². The van der Waals surface area contributed by atoms with E-state index >= 15 is 0 Å². The zero-order valence-corrected chi connectivity index (χ0v) is 13.6. The first kappa shape index (κ1) is 17.3. The monoisotopic (exact) mass is 333 g/mol. The van der Waals surface area contributed by atoms with E-state index in [-0.39, 0.29) is 29.9 Å². The van der Waals surface area contributed by atoms with Crippen LogP contribution in [0, 0.1) is 0 Å². The van der Waals surface area contributed by atoms with Crippen molar-refractivity contribution in [3.63, 3.8) is 0 Å². The number of aryl methyl sites for hydroxylation is 1. The molecule has 9 heteroatoms. The van der Waals surface area contributed by atoms with Crippen LogP contribution in [0.1, 0.15) is 34.9 Å².